The Hall–Kier alpha value is -1.52. The van der Waals surface area contributed by atoms with E-state index in [0.717, 1.165) is 12.0 Å². The number of aliphatic hydroxyl groups excluding tert-OH is 1. The highest BCUT2D eigenvalue weighted by atomic mass is 16.3. The number of allylic oxidation sites excluding steroid dienone is 2. The number of hydrogen-bond donors (Lipinski definition) is 2. The van der Waals surface area contributed by atoms with Gasteiger partial charge < -0.3 is 10.2 Å². The molecule has 0 rings (SSSR count). The van der Waals surface area contributed by atoms with E-state index in [1.165, 1.54) is 12.2 Å². The van der Waals surface area contributed by atoms with Crippen LogP contribution in [-0.4, -0.2) is 33.5 Å². The van der Waals surface area contributed by atoms with Gasteiger partial charge in [0.25, 0.3) is 0 Å². The molecular weight excluding hydrogens is 304 g/mol. The molecule has 4 heteroatoms. The first-order valence-corrected chi connectivity index (χ1v) is 8.39. The lowest BCUT2D eigenvalue weighted by molar-refractivity contribution is -0.123. The summed E-state index contributed by atoms with van der Waals surface area (Å²) in [6.07, 6.45) is 5.52. The number of carbonyl (C=O) groups excluding carboxylic acids is 2. The summed E-state index contributed by atoms with van der Waals surface area (Å²) >= 11 is 0. The van der Waals surface area contributed by atoms with Crippen molar-refractivity contribution in [1.82, 2.24) is 0 Å². The van der Waals surface area contributed by atoms with Crippen molar-refractivity contribution in [3.8, 4) is 0 Å². The fraction of sp³-hybridized carbons (Fsp3) is 0.600. The zero-order chi connectivity index (χ0) is 18.9. The monoisotopic (exact) mass is 336 g/mol. The van der Waals surface area contributed by atoms with E-state index >= 15 is 0 Å². The van der Waals surface area contributed by atoms with Crippen LogP contribution in [0.25, 0.3) is 0 Å². The number of aliphatic hydroxyl groups is 2. The average molecular weight is 336 g/mol. The van der Waals surface area contributed by atoms with Crippen LogP contribution in [0, 0.1) is 5.92 Å². The molecule has 2 N–H and O–H groups in total. The van der Waals surface area contributed by atoms with Gasteiger partial charge in [0.05, 0.1) is 5.60 Å². The minimum Gasteiger partial charge on any atom is -0.386 e. The van der Waals surface area contributed by atoms with Gasteiger partial charge >= 0.3 is 0 Å². The number of ketones is 2. The first-order valence-electron chi connectivity index (χ1n) is 8.39. The SMILES string of the molecule is C=CC(C)(O)CC(=O)CC(C)CC/C=C(\C)C(O)C(=O)C=C(C)C. The highest BCUT2D eigenvalue weighted by molar-refractivity contribution is 5.95. The maximum atomic E-state index is 11.9. The van der Waals surface area contributed by atoms with Gasteiger partial charge in [0.15, 0.2) is 5.78 Å². The fourth-order valence-corrected chi connectivity index (χ4v) is 2.33. The molecule has 0 spiro atoms. The molecule has 0 aliphatic heterocycles. The topological polar surface area (TPSA) is 74.6 Å². The quantitative estimate of drug-likeness (QED) is 0.447. The van der Waals surface area contributed by atoms with Crippen molar-refractivity contribution in [2.45, 2.75) is 72.0 Å². The minimum absolute atomic E-state index is 0.00636. The van der Waals surface area contributed by atoms with Crippen molar-refractivity contribution in [3.63, 3.8) is 0 Å². The van der Waals surface area contributed by atoms with Gasteiger partial charge in [0.2, 0.25) is 0 Å². The summed E-state index contributed by atoms with van der Waals surface area (Å²) in [5.41, 5.74) is 0.336. The lowest BCUT2D eigenvalue weighted by Crippen LogP contribution is -2.25. The predicted molar refractivity (Wildman–Crippen MR) is 97.7 cm³/mol. The average Bonchev–Trinajstić information content (AvgIpc) is 2.44. The summed E-state index contributed by atoms with van der Waals surface area (Å²) in [4.78, 5) is 23.7. The summed E-state index contributed by atoms with van der Waals surface area (Å²) in [6, 6.07) is 0. The molecule has 0 aromatic heterocycles. The maximum Gasteiger partial charge on any atom is 0.188 e. The molecule has 0 fully saturated rings. The van der Waals surface area contributed by atoms with Crippen molar-refractivity contribution < 1.29 is 19.8 Å². The van der Waals surface area contributed by atoms with Gasteiger partial charge in [0.1, 0.15) is 11.9 Å². The highest BCUT2D eigenvalue weighted by Gasteiger charge is 2.21. The largest absolute Gasteiger partial charge is 0.386 e. The Bertz CT molecular complexity index is 508. The van der Waals surface area contributed by atoms with Crippen LogP contribution < -0.4 is 0 Å². The molecule has 3 unspecified atom stereocenters. The van der Waals surface area contributed by atoms with E-state index in [1.807, 2.05) is 26.8 Å². The molecule has 0 bridgehead atoms. The molecule has 0 aliphatic rings. The molecule has 0 aromatic rings. The number of hydrogen-bond acceptors (Lipinski definition) is 4. The Balaban J connectivity index is 4.38. The zero-order valence-corrected chi connectivity index (χ0v) is 15.6. The van der Waals surface area contributed by atoms with E-state index in [9.17, 15) is 19.8 Å². The van der Waals surface area contributed by atoms with Crippen LogP contribution in [-0.2, 0) is 9.59 Å². The Morgan fingerprint density at radius 1 is 1.25 bits per heavy atom. The van der Waals surface area contributed by atoms with Crippen molar-refractivity contribution in [1.29, 1.82) is 0 Å². The summed E-state index contributed by atoms with van der Waals surface area (Å²) in [7, 11) is 0. The highest BCUT2D eigenvalue weighted by Crippen LogP contribution is 2.18. The van der Waals surface area contributed by atoms with Crippen LogP contribution in [0.3, 0.4) is 0 Å². The van der Waals surface area contributed by atoms with Crippen molar-refractivity contribution in [3.05, 3.63) is 36.0 Å². The lowest BCUT2D eigenvalue weighted by atomic mass is 9.92. The van der Waals surface area contributed by atoms with Crippen LogP contribution >= 0.6 is 0 Å². The second-order valence-electron chi connectivity index (χ2n) is 7.14. The van der Waals surface area contributed by atoms with Gasteiger partial charge in [-0.3, -0.25) is 9.59 Å². The third-order valence-electron chi connectivity index (χ3n) is 3.83. The van der Waals surface area contributed by atoms with Crippen LogP contribution in [0.1, 0.15) is 60.3 Å². The summed E-state index contributed by atoms with van der Waals surface area (Å²) in [6.45, 7) is 12.4. The third kappa shape index (κ3) is 9.58. The van der Waals surface area contributed by atoms with Crippen LogP contribution in [0.4, 0.5) is 0 Å². The number of carbonyl (C=O) groups is 2. The molecule has 0 aromatic carbocycles. The molecule has 24 heavy (non-hydrogen) atoms. The van der Waals surface area contributed by atoms with Crippen LogP contribution in [0.15, 0.2) is 36.0 Å². The molecule has 0 amide bonds. The van der Waals surface area contributed by atoms with E-state index in [0.29, 0.717) is 18.4 Å². The van der Waals surface area contributed by atoms with Crippen LogP contribution in [0.5, 0.6) is 0 Å². The molecule has 0 heterocycles. The number of Topliss-reactive ketones (excluding diaryl/α,β-unsaturated/α-hetero) is 1. The van der Waals surface area contributed by atoms with E-state index < -0.39 is 11.7 Å². The Morgan fingerprint density at radius 3 is 2.33 bits per heavy atom. The number of rotatable bonds is 11. The molecule has 3 atom stereocenters. The Kier molecular flexibility index (Phi) is 9.71. The van der Waals surface area contributed by atoms with E-state index in [-0.39, 0.29) is 23.9 Å². The molecule has 136 valence electrons. The van der Waals surface area contributed by atoms with Crippen molar-refractivity contribution >= 4 is 11.6 Å². The van der Waals surface area contributed by atoms with Gasteiger partial charge in [-0.1, -0.05) is 24.6 Å². The lowest BCUT2D eigenvalue weighted by Gasteiger charge is -2.18. The van der Waals surface area contributed by atoms with Crippen molar-refractivity contribution in [2.75, 3.05) is 0 Å². The van der Waals surface area contributed by atoms with E-state index in [4.69, 9.17) is 0 Å². The van der Waals surface area contributed by atoms with E-state index in [1.54, 1.807) is 13.8 Å². The predicted octanol–water partition coefficient (Wildman–Crippen LogP) is 3.53. The first-order chi connectivity index (χ1) is 11.0. The van der Waals surface area contributed by atoms with E-state index in [2.05, 4.69) is 6.58 Å². The fourth-order valence-electron chi connectivity index (χ4n) is 2.33. The molecule has 4 nitrogen and oxygen atoms in total. The minimum atomic E-state index is -1.15. The maximum absolute atomic E-state index is 11.9. The second kappa shape index (κ2) is 10.4. The first kappa shape index (κ1) is 22.5. The Morgan fingerprint density at radius 2 is 1.83 bits per heavy atom. The standard InChI is InChI=1S/C20H32O4/c1-7-20(6,24)13-17(21)12-15(4)9-8-10-16(5)19(23)18(22)11-14(2)3/h7,10-11,15,19,23-24H,1,8-9,12-13H2,2-6H3/b16-10+. The molecule has 0 radical (unpaired) electrons. The van der Waals surface area contributed by atoms with Gasteiger partial charge in [-0.2, -0.15) is 0 Å². The second-order valence-corrected chi connectivity index (χ2v) is 7.14. The summed E-state index contributed by atoms with van der Waals surface area (Å²) in [5.74, 6) is -0.127. The van der Waals surface area contributed by atoms with Gasteiger partial charge in [-0.15, -0.1) is 6.58 Å². The Labute approximate surface area is 146 Å². The molecular formula is C20H32O4. The zero-order valence-electron chi connectivity index (χ0n) is 15.6. The molecule has 0 aliphatic carbocycles. The molecule has 0 saturated carbocycles. The summed E-state index contributed by atoms with van der Waals surface area (Å²) in [5, 5.41) is 19.8. The normalized spacial score (nSPS) is 16.7. The summed E-state index contributed by atoms with van der Waals surface area (Å²) < 4.78 is 0. The van der Waals surface area contributed by atoms with Crippen LogP contribution in [0.2, 0.25) is 0 Å². The van der Waals surface area contributed by atoms with Gasteiger partial charge in [0, 0.05) is 12.8 Å². The van der Waals surface area contributed by atoms with Gasteiger partial charge in [-0.25, -0.2) is 0 Å². The van der Waals surface area contributed by atoms with Crippen molar-refractivity contribution in [2.24, 2.45) is 5.92 Å². The smallest absolute Gasteiger partial charge is 0.188 e. The third-order valence-corrected chi connectivity index (χ3v) is 3.83. The molecule has 0 saturated heterocycles. The van der Waals surface area contributed by atoms with Gasteiger partial charge in [-0.05, 0) is 58.1 Å².